The molecule has 0 saturated carbocycles. The number of nitrogens with one attached hydrogen (secondary N) is 1. The molecule has 0 radical (unpaired) electrons. The summed E-state index contributed by atoms with van der Waals surface area (Å²) in [7, 11) is 0. The predicted molar refractivity (Wildman–Crippen MR) is 152 cm³/mol. The number of hydrazone groups is 1. The van der Waals surface area contributed by atoms with Gasteiger partial charge in [0.1, 0.15) is 29.8 Å². The van der Waals surface area contributed by atoms with Crippen LogP contribution >= 0.6 is 23.4 Å². The van der Waals surface area contributed by atoms with E-state index in [1.165, 1.54) is 36.0 Å². The molecule has 0 unspecified atom stereocenters. The van der Waals surface area contributed by atoms with Gasteiger partial charge in [0.05, 0.1) is 5.57 Å². The normalized spacial score (nSPS) is 16.1. The molecule has 9 heteroatoms. The molecule has 0 fully saturated rings. The topological polar surface area (TPSA) is 87.3 Å². The number of hydrogen-bond acceptors (Lipinski definition) is 6. The van der Waals surface area contributed by atoms with E-state index in [9.17, 15) is 4.79 Å². The Morgan fingerprint density at radius 2 is 1.81 bits per heavy atom. The molecule has 2 aromatic rings. The highest BCUT2D eigenvalue weighted by atomic mass is 35.5. The number of hydrogen-bond donors (Lipinski definition) is 1. The van der Waals surface area contributed by atoms with Gasteiger partial charge >= 0.3 is 0 Å². The minimum atomic E-state index is -0.475. The molecular weight excluding hydrogens is 508 g/mol. The molecule has 194 valence electrons. The molecular formula is C28H31ClN4O3S. The Balaban J connectivity index is 1.43. The van der Waals surface area contributed by atoms with Crippen LogP contribution in [-0.4, -0.2) is 40.2 Å². The van der Waals surface area contributed by atoms with Gasteiger partial charge in [-0.05, 0) is 67.4 Å². The van der Waals surface area contributed by atoms with E-state index in [0.29, 0.717) is 34.7 Å². The summed E-state index contributed by atoms with van der Waals surface area (Å²) in [5, 5.41) is 16.5. The second kappa shape index (κ2) is 12.9. The number of benzene rings is 2. The number of rotatable bonds is 12. The van der Waals surface area contributed by atoms with E-state index in [4.69, 9.17) is 26.5 Å². The zero-order valence-corrected chi connectivity index (χ0v) is 22.7. The number of aryl methyl sites for hydroxylation is 1. The molecule has 2 aliphatic rings. The smallest absolute Gasteiger partial charge is 0.283 e. The van der Waals surface area contributed by atoms with Crippen molar-refractivity contribution < 1.29 is 14.3 Å². The molecule has 37 heavy (non-hydrogen) atoms. The first kappa shape index (κ1) is 26.9. The number of ether oxygens (including phenoxy) is 2. The summed E-state index contributed by atoms with van der Waals surface area (Å²) in [6, 6.07) is 13.0. The van der Waals surface area contributed by atoms with Gasteiger partial charge in [-0.1, -0.05) is 62.4 Å². The fourth-order valence-corrected chi connectivity index (χ4v) is 5.06. The van der Waals surface area contributed by atoms with Gasteiger partial charge in [-0.2, -0.15) is 15.1 Å². The fraction of sp³-hybridized carbons (Fsp3) is 0.357. The van der Waals surface area contributed by atoms with Gasteiger partial charge in [0.2, 0.25) is 5.17 Å². The van der Waals surface area contributed by atoms with Crippen LogP contribution in [0, 0.1) is 12.3 Å². The molecule has 7 nitrogen and oxygen atoms in total. The van der Waals surface area contributed by atoms with Crippen LogP contribution < -0.4 is 9.47 Å². The van der Waals surface area contributed by atoms with Gasteiger partial charge in [-0.15, -0.1) is 0 Å². The number of fused-ring (bicyclic) bond motifs is 1. The highest BCUT2D eigenvalue weighted by molar-refractivity contribution is 8.26. The van der Waals surface area contributed by atoms with Gasteiger partial charge < -0.3 is 9.47 Å². The van der Waals surface area contributed by atoms with Crippen LogP contribution in [-0.2, 0) is 4.79 Å². The molecule has 0 spiro atoms. The van der Waals surface area contributed by atoms with Gasteiger partial charge in [0.25, 0.3) is 5.91 Å². The standard InChI is InChI=1S/C28H31ClN4O3S/c1-3-4-5-6-7-12-25-32-33-26(30)22(27(34)31-28(33)37-25)18-20-17-21(29)13-14-24(20)36-16-15-35-23-11-9-8-10-19(23)2/h8-11,13-14,17-18,30H,3-7,12,15-16H2,1-2H3/b22-18-,30-26?. The quantitative estimate of drug-likeness (QED) is 0.230. The second-order valence-electron chi connectivity index (χ2n) is 8.82. The lowest BCUT2D eigenvalue weighted by atomic mass is 10.1. The van der Waals surface area contributed by atoms with Crippen LogP contribution in [0.15, 0.2) is 58.1 Å². The van der Waals surface area contributed by atoms with Crippen molar-refractivity contribution in [3.05, 3.63) is 64.2 Å². The maximum Gasteiger partial charge on any atom is 0.283 e. The van der Waals surface area contributed by atoms with E-state index in [1.54, 1.807) is 24.3 Å². The van der Waals surface area contributed by atoms with E-state index in [1.807, 2.05) is 31.2 Å². The SMILES string of the molecule is CCCCCCCC1=NN2C(=N)/C(=C/c3cc(Cl)ccc3OCCOc3ccccc3C)C(=O)N=C2S1. The first-order valence-electron chi connectivity index (χ1n) is 12.6. The van der Waals surface area contributed by atoms with Crippen molar-refractivity contribution in [2.75, 3.05) is 13.2 Å². The highest BCUT2D eigenvalue weighted by Crippen LogP contribution is 2.32. The summed E-state index contributed by atoms with van der Waals surface area (Å²) in [6.07, 6.45) is 8.25. The van der Waals surface area contributed by atoms with E-state index in [2.05, 4.69) is 17.0 Å². The number of carbonyl (C=O) groups is 1. The number of thioether (sulfide) groups is 1. The minimum Gasteiger partial charge on any atom is -0.490 e. The Morgan fingerprint density at radius 1 is 1.05 bits per heavy atom. The molecule has 1 N–H and O–H groups in total. The van der Waals surface area contributed by atoms with Crippen molar-refractivity contribution in [3.63, 3.8) is 0 Å². The Kier molecular flexibility index (Phi) is 9.41. The Labute approximate surface area is 227 Å². The average Bonchev–Trinajstić information content (AvgIpc) is 3.29. The van der Waals surface area contributed by atoms with Crippen molar-refractivity contribution in [1.29, 1.82) is 5.41 Å². The number of nitrogens with zero attached hydrogens (tertiary/aromatic N) is 3. The average molecular weight is 539 g/mol. The van der Waals surface area contributed by atoms with Gasteiger partial charge in [-0.25, -0.2) is 0 Å². The number of aliphatic imine (C=N–C) groups is 1. The van der Waals surface area contributed by atoms with Crippen LogP contribution in [0.2, 0.25) is 5.02 Å². The molecule has 2 heterocycles. The number of amides is 1. The van der Waals surface area contributed by atoms with E-state index in [0.717, 1.165) is 35.6 Å². The third-order valence-electron chi connectivity index (χ3n) is 5.95. The lowest BCUT2D eigenvalue weighted by Gasteiger charge is -2.20. The molecule has 0 aromatic heterocycles. The van der Waals surface area contributed by atoms with Crippen molar-refractivity contribution in [3.8, 4) is 11.5 Å². The summed E-state index contributed by atoms with van der Waals surface area (Å²) < 4.78 is 11.8. The summed E-state index contributed by atoms with van der Waals surface area (Å²) in [4.78, 5) is 17.1. The van der Waals surface area contributed by atoms with Crippen molar-refractivity contribution >= 4 is 51.4 Å². The van der Waals surface area contributed by atoms with E-state index >= 15 is 0 Å². The molecule has 0 atom stereocenters. The molecule has 0 bridgehead atoms. The van der Waals surface area contributed by atoms with Crippen molar-refractivity contribution in [1.82, 2.24) is 5.01 Å². The zero-order chi connectivity index (χ0) is 26.2. The highest BCUT2D eigenvalue weighted by Gasteiger charge is 2.35. The Bertz CT molecular complexity index is 1260. The summed E-state index contributed by atoms with van der Waals surface area (Å²) in [5.74, 6) is 0.866. The largest absolute Gasteiger partial charge is 0.490 e. The maximum atomic E-state index is 12.9. The third kappa shape index (κ3) is 7.02. The van der Waals surface area contributed by atoms with Crippen molar-refractivity contribution in [2.45, 2.75) is 52.4 Å². The van der Waals surface area contributed by atoms with Crippen LogP contribution in [0.1, 0.15) is 56.6 Å². The van der Waals surface area contributed by atoms with Gasteiger partial charge in [-0.3, -0.25) is 10.2 Å². The molecule has 0 saturated heterocycles. The number of carbonyl (C=O) groups excluding carboxylic acids is 1. The molecule has 2 aromatic carbocycles. The lowest BCUT2D eigenvalue weighted by Crippen LogP contribution is -2.35. The first-order chi connectivity index (χ1) is 18.0. The fourth-order valence-electron chi connectivity index (χ4n) is 3.95. The molecule has 2 aliphatic heterocycles. The number of halogens is 1. The van der Waals surface area contributed by atoms with Crippen LogP contribution in [0.4, 0.5) is 0 Å². The Morgan fingerprint density at radius 3 is 2.59 bits per heavy atom. The Hall–Kier alpha value is -3.10. The van der Waals surface area contributed by atoms with Crippen LogP contribution in [0.3, 0.4) is 0 Å². The van der Waals surface area contributed by atoms with Crippen LogP contribution in [0.25, 0.3) is 6.08 Å². The number of unbranched alkanes of at least 4 members (excludes halogenated alkanes) is 4. The minimum absolute atomic E-state index is 0.00250. The predicted octanol–water partition coefficient (Wildman–Crippen LogP) is 7.09. The number of amidine groups is 2. The molecule has 1 amide bonds. The first-order valence-corrected chi connectivity index (χ1v) is 13.8. The van der Waals surface area contributed by atoms with E-state index in [-0.39, 0.29) is 11.4 Å². The van der Waals surface area contributed by atoms with Crippen molar-refractivity contribution in [2.24, 2.45) is 10.1 Å². The van der Waals surface area contributed by atoms with Gasteiger partial charge in [0.15, 0.2) is 5.84 Å². The monoisotopic (exact) mass is 538 g/mol. The molecule has 4 rings (SSSR count). The zero-order valence-electron chi connectivity index (χ0n) is 21.1. The maximum absolute atomic E-state index is 12.9. The number of para-hydroxylation sites is 1. The van der Waals surface area contributed by atoms with Crippen LogP contribution in [0.5, 0.6) is 11.5 Å². The lowest BCUT2D eigenvalue weighted by molar-refractivity contribution is -0.114. The summed E-state index contributed by atoms with van der Waals surface area (Å²) in [5.41, 5.74) is 1.78. The summed E-state index contributed by atoms with van der Waals surface area (Å²) >= 11 is 7.61. The molecule has 0 aliphatic carbocycles. The summed E-state index contributed by atoms with van der Waals surface area (Å²) in [6.45, 7) is 4.84. The van der Waals surface area contributed by atoms with E-state index < -0.39 is 5.91 Å². The second-order valence-corrected chi connectivity index (χ2v) is 10.3. The van der Waals surface area contributed by atoms with Gasteiger partial charge in [0, 0.05) is 10.6 Å². The third-order valence-corrected chi connectivity index (χ3v) is 7.16.